The summed E-state index contributed by atoms with van der Waals surface area (Å²) in [6.45, 7) is 6.04. The number of imide groups is 1. The van der Waals surface area contributed by atoms with Crippen LogP contribution in [-0.4, -0.2) is 71.3 Å². The van der Waals surface area contributed by atoms with Gasteiger partial charge in [-0.1, -0.05) is 0 Å². The third-order valence-corrected chi connectivity index (χ3v) is 6.23. The molecule has 0 bridgehead atoms. The van der Waals surface area contributed by atoms with Crippen molar-refractivity contribution in [3.05, 3.63) is 0 Å². The lowest BCUT2D eigenvalue weighted by atomic mass is 9.78. The third-order valence-electron chi connectivity index (χ3n) is 6.23. The van der Waals surface area contributed by atoms with Gasteiger partial charge in [0.25, 0.3) is 5.91 Å². The highest BCUT2D eigenvalue weighted by atomic mass is 16.7. The van der Waals surface area contributed by atoms with Gasteiger partial charge in [-0.2, -0.15) is 0 Å². The standard InChI is InChI=1S/C18H27N3O5/c1-12(2)20-10-13(9-14(20)22)11-21-15(23)17(19-16(21)24)3-5-18(6-4-17)25-7-8-26-18/h12-13H,3-11H2,1-2H3,(H,19,24). The van der Waals surface area contributed by atoms with Gasteiger partial charge in [-0.05, 0) is 26.7 Å². The van der Waals surface area contributed by atoms with Crippen molar-refractivity contribution in [3.8, 4) is 0 Å². The fourth-order valence-electron chi connectivity index (χ4n) is 4.71. The van der Waals surface area contributed by atoms with Crippen LogP contribution in [0.5, 0.6) is 0 Å². The van der Waals surface area contributed by atoms with Crippen LogP contribution in [0.25, 0.3) is 0 Å². The molecule has 4 rings (SSSR count). The minimum atomic E-state index is -0.835. The van der Waals surface area contributed by atoms with Gasteiger partial charge in [-0.15, -0.1) is 0 Å². The van der Waals surface area contributed by atoms with E-state index in [1.165, 1.54) is 4.90 Å². The maximum atomic E-state index is 13.0. The topological polar surface area (TPSA) is 88.2 Å². The number of hydrogen-bond donors (Lipinski definition) is 1. The summed E-state index contributed by atoms with van der Waals surface area (Å²) in [5.41, 5.74) is -0.835. The fourth-order valence-corrected chi connectivity index (χ4v) is 4.71. The van der Waals surface area contributed by atoms with Gasteiger partial charge in [0, 0.05) is 44.3 Å². The summed E-state index contributed by atoms with van der Waals surface area (Å²) in [6, 6.07) is -0.197. The van der Waals surface area contributed by atoms with Crippen LogP contribution in [0.3, 0.4) is 0 Å². The van der Waals surface area contributed by atoms with Gasteiger partial charge in [-0.3, -0.25) is 14.5 Å². The highest BCUT2D eigenvalue weighted by Gasteiger charge is 2.56. The predicted molar refractivity (Wildman–Crippen MR) is 91.0 cm³/mol. The van der Waals surface area contributed by atoms with Crippen molar-refractivity contribution >= 4 is 17.8 Å². The number of carbonyl (C=O) groups is 3. The number of nitrogens with zero attached hydrogens (tertiary/aromatic N) is 2. The average Bonchev–Trinajstić information content (AvgIpc) is 3.26. The number of amides is 4. The molecule has 1 atom stereocenters. The lowest BCUT2D eigenvalue weighted by Crippen LogP contribution is -2.53. The Labute approximate surface area is 153 Å². The van der Waals surface area contributed by atoms with E-state index >= 15 is 0 Å². The van der Waals surface area contributed by atoms with E-state index in [0.717, 1.165) is 0 Å². The number of hydrogen-bond acceptors (Lipinski definition) is 5. The molecule has 3 aliphatic heterocycles. The van der Waals surface area contributed by atoms with Gasteiger partial charge >= 0.3 is 6.03 Å². The summed E-state index contributed by atoms with van der Waals surface area (Å²) in [5, 5.41) is 2.92. The SMILES string of the molecule is CC(C)N1CC(CN2C(=O)NC3(CCC4(CC3)OCCO4)C2=O)CC1=O. The van der Waals surface area contributed by atoms with Gasteiger partial charge in [0.05, 0.1) is 13.2 Å². The van der Waals surface area contributed by atoms with Crippen LogP contribution in [-0.2, 0) is 19.1 Å². The van der Waals surface area contributed by atoms with Gasteiger partial charge < -0.3 is 19.7 Å². The molecule has 8 heteroatoms. The molecule has 0 aromatic carbocycles. The van der Waals surface area contributed by atoms with Crippen molar-refractivity contribution in [2.24, 2.45) is 5.92 Å². The van der Waals surface area contributed by atoms with E-state index < -0.39 is 11.3 Å². The number of nitrogens with one attached hydrogen (secondary N) is 1. The normalized spacial score (nSPS) is 30.3. The van der Waals surface area contributed by atoms with Crippen LogP contribution in [0.4, 0.5) is 4.79 Å². The van der Waals surface area contributed by atoms with Gasteiger partial charge in [0.1, 0.15) is 5.54 Å². The van der Waals surface area contributed by atoms with Crippen LogP contribution < -0.4 is 5.32 Å². The van der Waals surface area contributed by atoms with Crippen molar-refractivity contribution in [3.63, 3.8) is 0 Å². The molecular weight excluding hydrogens is 338 g/mol. The Balaban J connectivity index is 1.41. The third kappa shape index (κ3) is 2.79. The van der Waals surface area contributed by atoms with Gasteiger partial charge in [-0.25, -0.2) is 4.79 Å². The molecule has 1 N–H and O–H groups in total. The highest BCUT2D eigenvalue weighted by Crippen LogP contribution is 2.42. The molecule has 4 fully saturated rings. The van der Waals surface area contributed by atoms with E-state index in [-0.39, 0.29) is 29.8 Å². The second-order valence-electron chi connectivity index (χ2n) is 8.25. The summed E-state index contributed by atoms with van der Waals surface area (Å²) in [5.74, 6) is -0.627. The molecular formula is C18H27N3O5. The number of rotatable bonds is 3. The zero-order chi connectivity index (χ0) is 18.5. The molecule has 3 saturated heterocycles. The Morgan fingerprint density at radius 3 is 2.35 bits per heavy atom. The van der Waals surface area contributed by atoms with Crippen molar-refractivity contribution in [2.75, 3.05) is 26.3 Å². The summed E-state index contributed by atoms with van der Waals surface area (Å²) in [6.07, 6.45) is 2.66. The lowest BCUT2D eigenvalue weighted by molar-refractivity contribution is -0.186. The van der Waals surface area contributed by atoms with Crippen LogP contribution >= 0.6 is 0 Å². The zero-order valence-electron chi connectivity index (χ0n) is 15.5. The summed E-state index contributed by atoms with van der Waals surface area (Å²) >= 11 is 0. The first kappa shape index (κ1) is 17.7. The smallest absolute Gasteiger partial charge is 0.325 e. The molecule has 1 aliphatic carbocycles. The molecule has 8 nitrogen and oxygen atoms in total. The molecule has 0 aromatic rings. The second-order valence-corrected chi connectivity index (χ2v) is 8.25. The maximum Gasteiger partial charge on any atom is 0.325 e. The minimum Gasteiger partial charge on any atom is -0.348 e. The molecule has 4 amide bonds. The molecule has 2 spiro atoms. The molecule has 1 unspecified atom stereocenters. The monoisotopic (exact) mass is 365 g/mol. The molecule has 26 heavy (non-hydrogen) atoms. The highest BCUT2D eigenvalue weighted by molar-refractivity contribution is 6.07. The van der Waals surface area contributed by atoms with Gasteiger partial charge in [0.15, 0.2) is 5.79 Å². The number of likely N-dealkylation sites (tertiary alicyclic amines) is 1. The largest absolute Gasteiger partial charge is 0.348 e. The molecule has 0 aromatic heterocycles. The first-order valence-electron chi connectivity index (χ1n) is 9.56. The maximum absolute atomic E-state index is 13.0. The second kappa shape index (κ2) is 6.20. The minimum absolute atomic E-state index is 0.00572. The predicted octanol–water partition coefficient (Wildman–Crippen LogP) is 0.851. The van der Waals surface area contributed by atoms with E-state index in [4.69, 9.17) is 9.47 Å². The summed E-state index contributed by atoms with van der Waals surface area (Å²) in [7, 11) is 0. The Bertz CT molecular complexity index is 618. The van der Waals surface area contributed by atoms with Crippen LogP contribution in [0.2, 0.25) is 0 Å². The molecule has 0 radical (unpaired) electrons. The fraction of sp³-hybridized carbons (Fsp3) is 0.833. The Hall–Kier alpha value is -1.67. The van der Waals surface area contributed by atoms with E-state index in [1.54, 1.807) is 0 Å². The molecule has 144 valence electrons. The Morgan fingerprint density at radius 1 is 1.12 bits per heavy atom. The van der Waals surface area contributed by atoms with Crippen molar-refractivity contribution < 1.29 is 23.9 Å². The number of ether oxygens (including phenoxy) is 2. The van der Waals surface area contributed by atoms with Crippen molar-refractivity contribution in [2.45, 2.75) is 63.3 Å². The number of urea groups is 1. The average molecular weight is 365 g/mol. The van der Waals surface area contributed by atoms with Crippen LogP contribution in [0.15, 0.2) is 0 Å². The van der Waals surface area contributed by atoms with Crippen LogP contribution in [0.1, 0.15) is 46.0 Å². The quantitative estimate of drug-likeness (QED) is 0.749. The van der Waals surface area contributed by atoms with Crippen molar-refractivity contribution in [1.29, 1.82) is 0 Å². The number of carbonyl (C=O) groups excluding carboxylic acids is 3. The van der Waals surface area contributed by atoms with E-state index in [9.17, 15) is 14.4 Å². The summed E-state index contributed by atoms with van der Waals surface area (Å²) in [4.78, 5) is 40.8. The lowest BCUT2D eigenvalue weighted by Gasteiger charge is -2.39. The first-order valence-corrected chi connectivity index (χ1v) is 9.56. The molecule has 1 saturated carbocycles. The van der Waals surface area contributed by atoms with Crippen LogP contribution in [0, 0.1) is 5.92 Å². The Morgan fingerprint density at radius 2 is 1.77 bits per heavy atom. The zero-order valence-corrected chi connectivity index (χ0v) is 15.5. The molecule has 3 heterocycles. The van der Waals surface area contributed by atoms with Crippen molar-refractivity contribution in [1.82, 2.24) is 15.1 Å². The van der Waals surface area contributed by atoms with Gasteiger partial charge in [0.2, 0.25) is 5.91 Å². The van der Waals surface area contributed by atoms with E-state index in [1.807, 2.05) is 18.7 Å². The summed E-state index contributed by atoms with van der Waals surface area (Å²) < 4.78 is 11.4. The first-order chi connectivity index (χ1) is 12.3. The van der Waals surface area contributed by atoms with E-state index in [2.05, 4.69) is 5.32 Å². The molecule has 4 aliphatic rings. The van der Waals surface area contributed by atoms with E-state index in [0.29, 0.717) is 58.4 Å². The Kier molecular flexibility index (Phi) is 4.23.